The van der Waals surface area contributed by atoms with Crippen LogP contribution in [0, 0.1) is 13.0 Å². The largest absolute Gasteiger partial charge is 0.492 e. The molecule has 0 unspecified atom stereocenters. The molecule has 0 aliphatic carbocycles. The topological polar surface area (TPSA) is 46.6 Å². The van der Waals surface area contributed by atoms with E-state index in [0.717, 1.165) is 35.4 Å². The van der Waals surface area contributed by atoms with Gasteiger partial charge in [-0.05, 0) is 99.8 Å². The fourth-order valence-corrected chi connectivity index (χ4v) is 5.68. The Morgan fingerprint density at radius 1 is 1.25 bits per heavy atom. The van der Waals surface area contributed by atoms with E-state index in [1.54, 1.807) is 6.08 Å². The maximum absolute atomic E-state index is 13.2. The number of rotatable bonds is 5. The lowest BCUT2D eigenvalue weighted by molar-refractivity contribution is -0.123. The molecule has 0 aromatic heterocycles. The molecule has 0 spiro atoms. The van der Waals surface area contributed by atoms with Gasteiger partial charge in [0.15, 0.2) is 0 Å². The van der Waals surface area contributed by atoms with Gasteiger partial charge in [-0.15, -0.1) is 0 Å². The average Bonchev–Trinajstić information content (AvgIpc) is 2.87. The van der Waals surface area contributed by atoms with Crippen LogP contribution in [0.4, 0.5) is 9.18 Å². The van der Waals surface area contributed by atoms with E-state index < -0.39 is 17.0 Å². The number of hydrogen-bond donors (Lipinski definition) is 0. The summed E-state index contributed by atoms with van der Waals surface area (Å²) < 4.78 is 20.9. The monoisotopic (exact) mass is 643 g/mol. The first-order valence-corrected chi connectivity index (χ1v) is 11.5. The van der Waals surface area contributed by atoms with Crippen LogP contribution in [0.2, 0.25) is 5.02 Å². The van der Waals surface area contributed by atoms with Crippen molar-refractivity contribution in [2.24, 2.45) is 0 Å². The van der Waals surface area contributed by atoms with E-state index in [2.05, 4.69) is 45.2 Å². The van der Waals surface area contributed by atoms with E-state index in [0.29, 0.717) is 22.8 Å². The molecule has 2 aromatic rings. The predicted octanol–water partition coefficient (Wildman–Crippen LogP) is 6.32. The fraction of sp³-hybridized carbons (Fsp3) is 0.158. The van der Waals surface area contributed by atoms with E-state index in [-0.39, 0.29) is 11.6 Å². The summed E-state index contributed by atoms with van der Waals surface area (Å²) in [6, 6.07) is 7.76. The number of amides is 2. The maximum Gasteiger partial charge on any atom is 0.293 e. The van der Waals surface area contributed by atoms with Crippen LogP contribution in [-0.2, 0) is 11.3 Å². The van der Waals surface area contributed by atoms with Gasteiger partial charge in [-0.2, -0.15) is 0 Å². The van der Waals surface area contributed by atoms with E-state index in [9.17, 15) is 14.0 Å². The normalized spacial score (nSPS) is 15.6. The summed E-state index contributed by atoms with van der Waals surface area (Å²) in [6.45, 7) is 2.36. The van der Waals surface area contributed by atoms with E-state index in [1.165, 1.54) is 12.1 Å². The van der Waals surface area contributed by atoms with Crippen LogP contribution >= 0.6 is 68.5 Å². The predicted molar refractivity (Wildman–Crippen MR) is 126 cm³/mol. The van der Waals surface area contributed by atoms with Gasteiger partial charge in [0.1, 0.15) is 11.6 Å². The number of carbonyl (C=O) groups excluding carboxylic acids is 2. The molecule has 146 valence electrons. The molecule has 3 rings (SSSR count). The Morgan fingerprint density at radius 3 is 2.68 bits per heavy atom. The molecule has 28 heavy (non-hydrogen) atoms. The first-order chi connectivity index (χ1) is 13.3. The number of ether oxygens (including phenoxy) is 1. The number of imide groups is 1. The summed E-state index contributed by atoms with van der Waals surface area (Å²) in [4.78, 5) is 26.6. The SMILES string of the molecule is CCOc1c(I)cc(I)cc1/C=C1\SC(=O)N(Cc2ccc(F)cc2Cl)C1=O. The highest BCUT2D eigenvalue weighted by Crippen LogP contribution is 2.37. The Balaban J connectivity index is 1.91. The van der Waals surface area contributed by atoms with E-state index in [1.807, 2.05) is 19.1 Å². The third-order valence-electron chi connectivity index (χ3n) is 3.83. The summed E-state index contributed by atoms with van der Waals surface area (Å²) in [5.41, 5.74) is 1.24. The molecular formula is C19H13ClFI2NO3S. The Labute approximate surface area is 198 Å². The van der Waals surface area contributed by atoms with Crippen molar-refractivity contribution in [3.8, 4) is 5.75 Å². The van der Waals surface area contributed by atoms with Gasteiger partial charge in [0.25, 0.3) is 11.1 Å². The standard InChI is InChI=1S/C19H13ClFI2NO3S/c1-2-27-17-11(5-13(22)8-15(17)23)6-16-18(25)24(19(26)28-16)9-10-3-4-12(21)7-14(10)20/h3-8H,2,9H2,1H3/b16-6-. The second-order valence-corrected chi connectivity index (χ2v) is 9.55. The van der Waals surface area contributed by atoms with Gasteiger partial charge < -0.3 is 4.74 Å². The molecular weight excluding hydrogens is 631 g/mol. The van der Waals surface area contributed by atoms with E-state index in [4.69, 9.17) is 16.3 Å². The van der Waals surface area contributed by atoms with Crippen LogP contribution in [0.3, 0.4) is 0 Å². The lowest BCUT2D eigenvalue weighted by Gasteiger charge is -2.14. The van der Waals surface area contributed by atoms with Crippen LogP contribution in [0.1, 0.15) is 18.1 Å². The second kappa shape index (κ2) is 9.31. The lowest BCUT2D eigenvalue weighted by atomic mass is 10.1. The van der Waals surface area contributed by atoms with Crippen molar-refractivity contribution >= 4 is 85.8 Å². The molecule has 1 heterocycles. The summed E-state index contributed by atoms with van der Waals surface area (Å²) in [5.74, 6) is -0.205. The molecule has 9 heteroatoms. The molecule has 0 saturated carbocycles. The number of nitrogens with zero attached hydrogens (tertiary/aromatic N) is 1. The quantitative estimate of drug-likeness (QED) is 0.283. The van der Waals surface area contributed by atoms with Crippen LogP contribution in [0.5, 0.6) is 5.75 Å². The Morgan fingerprint density at radius 2 is 2.00 bits per heavy atom. The summed E-state index contributed by atoms with van der Waals surface area (Å²) in [6.07, 6.45) is 1.67. The molecule has 2 amide bonds. The van der Waals surface area contributed by atoms with Crippen LogP contribution in [-0.4, -0.2) is 22.7 Å². The molecule has 4 nitrogen and oxygen atoms in total. The van der Waals surface area contributed by atoms with Crippen molar-refractivity contribution < 1.29 is 18.7 Å². The summed E-state index contributed by atoms with van der Waals surface area (Å²) in [7, 11) is 0. The first kappa shape index (κ1) is 21.8. The number of halogens is 4. The second-order valence-electron chi connectivity index (χ2n) is 5.74. The molecule has 0 atom stereocenters. The van der Waals surface area contributed by atoms with Gasteiger partial charge in [0.05, 0.1) is 21.6 Å². The van der Waals surface area contributed by atoms with E-state index >= 15 is 0 Å². The molecule has 2 aromatic carbocycles. The molecule has 0 N–H and O–H groups in total. The van der Waals surface area contributed by atoms with Gasteiger partial charge in [0.2, 0.25) is 0 Å². The van der Waals surface area contributed by atoms with Gasteiger partial charge in [0, 0.05) is 14.2 Å². The number of thioether (sulfide) groups is 1. The fourth-order valence-electron chi connectivity index (χ4n) is 2.58. The molecule has 0 bridgehead atoms. The van der Waals surface area contributed by atoms with Crippen molar-refractivity contribution in [1.82, 2.24) is 4.90 Å². The smallest absolute Gasteiger partial charge is 0.293 e. The van der Waals surface area contributed by atoms with Gasteiger partial charge in [-0.3, -0.25) is 14.5 Å². The highest BCUT2D eigenvalue weighted by molar-refractivity contribution is 14.1. The highest BCUT2D eigenvalue weighted by Gasteiger charge is 2.35. The van der Waals surface area contributed by atoms with Gasteiger partial charge in [-0.1, -0.05) is 17.7 Å². The zero-order valence-electron chi connectivity index (χ0n) is 14.5. The third-order valence-corrected chi connectivity index (χ3v) is 6.51. The zero-order valence-corrected chi connectivity index (χ0v) is 20.4. The minimum atomic E-state index is -0.473. The van der Waals surface area contributed by atoms with Crippen molar-refractivity contribution in [3.05, 3.63) is 64.3 Å². The van der Waals surface area contributed by atoms with Crippen molar-refractivity contribution in [2.75, 3.05) is 6.61 Å². The Hall–Kier alpha value is -0.850. The van der Waals surface area contributed by atoms with Crippen LogP contribution < -0.4 is 4.74 Å². The molecule has 1 fully saturated rings. The zero-order chi connectivity index (χ0) is 20.4. The van der Waals surface area contributed by atoms with Crippen molar-refractivity contribution in [3.63, 3.8) is 0 Å². The van der Waals surface area contributed by atoms with Crippen LogP contribution in [0.15, 0.2) is 35.2 Å². The minimum Gasteiger partial charge on any atom is -0.492 e. The van der Waals surface area contributed by atoms with Gasteiger partial charge in [-0.25, -0.2) is 4.39 Å². The Kier molecular flexibility index (Phi) is 7.26. The maximum atomic E-state index is 13.2. The average molecular weight is 644 g/mol. The van der Waals surface area contributed by atoms with Crippen LogP contribution in [0.25, 0.3) is 6.08 Å². The van der Waals surface area contributed by atoms with Crippen molar-refractivity contribution in [2.45, 2.75) is 13.5 Å². The number of carbonyl (C=O) groups is 2. The molecule has 1 saturated heterocycles. The molecule has 1 aliphatic heterocycles. The number of hydrogen-bond acceptors (Lipinski definition) is 4. The minimum absolute atomic E-state index is 0.0106. The summed E-state index contributed by atoms with van der Waals surface area (Å²) >= 11 is 11.3. The summed E-state index contributed by atoms with van der Waals surface area (Å²) in [5, 5.41) is -0.219. The van der Waals surface area contributed by atoms with Gasteiger partial charge >= 0.3 is 0 Å². The Bertz CT molecular complexity index is 999. The highest BCUT2D eigenvalue weighted by atomic mass is 127. The van der Waals surface area contributed by atoms with Crippen molar-refractivity contribution in [1.29, 1.82) is 0 Å². The first-order valence-electron chi connectivity index (χ1n) is 8.11. The lowest BCUT2D eigenvalue weighted by Crippen LogP contribution is -2.27. The number of benzene rings is 2. The third kappa shape index (κ3) is 4.82. The molecule has 0 radical (unpaired) electrons. The molecule has 1 aliphatic rings.